The van der Waals surface area contributed by atoms with Crippen LogP contribution in [0.2, 0.25) is 0 Å². The van der Waals surface area contributed by atoms with E-state index < -0.39 is 0 Å². The van der Waals surface area contributed by atoms with Crippen molar-refractivity contribution in [2.75, 3.05) is 53.5 Å². The molecule has 1 atom stereocenters. The van der Waals surface area contributed by atoms with Gasteiger partial charge in [0.2, 0.25) is 0 Å². The van der Waals surface area contributed by atoms with Crippen molar-refractivity contribution in [3.63, 3.8) is 0 Å². The number of nitrogens with zero attached hydrogens (tertiary/aromatic N) is 5. The van der Waals surface area contributed by atoms with Gasteiger partial charge in [0.1, 0.15) is 36.0 Å². The molecule has 2 aliphatic heterocycles. The van der Waals surface area contributed by atoms with Crippen molar-refractivity contribution in [3.05, 3.63) is 116 Å². The number of likely N-dealkylation sites (N-methyl/N-ethyl adjacent to an activating group) is 2. The molecule has 300 valence electrons. The molecule has 0 radical (unpaired) electrons. The molecule has 12 nitrogen and oxygen atoms in total. The molecule has 0 saturated carbocycles. The van der Waals surface area contributed by atoms with Crippen LogP contribution < -0.4 is 4.90 Å². The number of aromatic hydroxyl groups is 2. The molecular formula is C44H47Br2N8O4+. The van der Waals surface area contributed by atoms with Gasteiger partial charge in [-0.1, -0.05) is 92.4 Å². The predicted molar refractivity (Wildman–Crippen MR) is 240 cm³/mol. The Bertz CT molecular complexity index is 2380. The number of halogens is 2. The van der Waals surface area contributed by atoms with E-state index in [1.807, 2.05) is 84.9 Å². The summed E-state index contributed by atoms with van der Waals surface area (Å²) >= 11 is 7.02. The molecule has 6 aromatic rings. The fraction of sp³-hybridized carbons (Fsp3) is 0.273. The van der Waals surface area contributed by atoms with Gasteiger partial charge in [-0.25, -0.2) is 9.98 Å². The molecule has 58 heavy (non-hydrogen) atoms. The van der Waals surface area contributed by atoms with Crippen LogP contribution in [0.4, 0.5) is 11.4 Å². The Morgan fingerprint density at radius 3 is 1.67 bits per heavy atom. The number of hydrogen-bond acceptors (Lipinski definition) is 9. The summed E-state index contributed by atoms with van der Waals surface area (Å²) in [6, 6.07) is 27.2. The number of aromatic amines is 2. The van der Waals surface area contributed by atoms with E-state index >= 15 is 0 Å². The average Bonchev–Trinajstić information content (AvgIpc) is 3.94. The first-order valence-corrected chi connectivity index (χ1v) is 21.0. The van der Waals surface area contributed by atoms with Gasteiger partial charge in [0.05, 0.1) is 36.1 Å². The molecule has 0 saturated heterocycles. The minimum atomic E-state index is 0.0695. The molecular weight excluding hydrogens is 864 g/mol. The number of H-pyrrole nitrogens is 2. The molecule has 5 N–H and O–H groups in total. The maximum absolute atomic E-state index is 10.6. The monoisotopic (exact) mass is 909 g/mol. The van der Waals surface area contributed by atoms with Gasteiger partial charge >= 0.3 is 0 Å². The van der Waals surface area contributed by atoms with Crippen molar-refractivity contribution < 1.29 is 24.8 Å². The van der Waals surface area contributed by atoms with Crippen molar-refractivity contribution in [1.29, 1.82) is 0 Å². The van der Waals surface area contributed by atoms with Crippen LogP contribution >= 0.6 is 31.9 Å². The first-order chi connectivity index (χ1) is 28.2. The molecule has 4 aromatic carbocycles. The summed E-state index contributed by atoms with van der Waals surface area (Å²) in [5.41, 5.74) is 8.87. The van der Waals surface area contributed by atoms with Crippen LogP contribution in [0.1, 0.15) is 48.9 Å². The highest BCUT2D eigenvalue weighted by Gasteiger charge is 2.31. The van der Waals surface area contributed by atoms with Crippen molar-refractivity contribution in [1.82, 2.24) is 14.9 Å². The van der Waals surface area contributed by atoms with E-state index in [2.05, 4.69) is 85.0 Å². The zero-order chi connectivity index (χ0) is 40.8. The zero-order valence-electron chi connectivity index (χ0n) is 32.9. The maximum atomic E-state index is 10.6. The molecule has 4 heterocycles. The Balaban J connectivity index is 0.000000177. The number of quaternary nitrogens is 1. The second-order valence-electron chi connectivity index (χ2n) is 14.3. The number of nitrogens with one attached hydrogen (secondary N) is 3. The molecule has 14 heteroatoms. The fourth-order valence-electron chi connectivity index (χ4n) is 7.14. The lowest BCUT2D eigenvalue weighted by atomic mass is 10.0. The molecule has 0 aliphatic carbocycles. The summed E-state index contributed by atoms with van der Waals surface area (Å²) in [5, 5.41) is 31.9. The zero-order valence-corrected chi connectivity index (χ0v) is 36.1. The summed E-state index contributed by atoms with van der Waals surface area (Å²) in [7, 11) is 4.22. The summed E-state index contributed by atoms with van der Waals surface area (Å²) < 4.78 is 1.85. The van der Waals surface area contributed by atoms with Crippen LogP contribution in [0.3, 0.4) is 0 Å². The normalized spacial score (nSPS) is 15.1. The van der Waals surface area contributed by atoms with Crippen LogP contribution in [0.15, 0.2) is 114 Å². The van der Waals surface area contributed by atoms with Gasteiger partial charge in [0.25, 0.3) is 0 Å². The Morgan fingerprint density at radius 1 is 0.672 bits per heavy atom. The summed E-state index contributed by atoms with van der Waals surface area (Å²) in [5.74, 6) is 0.143. The smallest absolute Gasteiger partial charge is 0.199 e. The Hall–Kier alpha value is -5.28. The maximum Gasteiger partial charge on any atom is 0.199 e. The van der Waals surface area contributed by atoms with E-state index in [9.17, 15) is 10.2 Å². The van der Waals surface area contributed by atoms with Crippen molar-refractivity contribution in [2.24, 2.45) is 20.3 Å². The molecule has 2 aromatic heterocycles. The lowest BCUT2D eigenvalue weighted by Crippen LogP contribution is -3.09. The van der Waals surface area contributed by atoms with Gasteiger partial charge in [-0.2, -0.15) is 0 Å². The SMILES string of the molecule is CCCN(C)CCO/N=C1/C(c2c(O)[nH]c3ccc(Br)cc23)=Nc2ccccc21.CCC[NH+](C)CCO/N=C1/C(c2c(O)[nH]c3ccc(Br)cc23)=Nc2ccccc21. The number of fused-ring (bicyclic) bond motifs is 4. The second-order valence-corrected chi connectivity index (χ2v) is 16.2. The minimum absolute atomic E-state index is 0.0695. The second kappa shape index (κ2) is 18.5. The summed E-state index contributed by atoms with van der Waals surface area (Å²) in [6.45, 7) is 9.14. The molecule has 0 fully saturated rings. The largest absolute Gasteiger partial charge is 0.494 e. The van der Waals surface area contributed by atoms with E-state index in [0.717, 1.165) is 92.3 Å². The number of para-hydroxylation sites is 2. The summed E-state index contributed by atoms with van der Waals surface area (Å²) in [4.78, 5) is 30.5. The van der Waals surface area contributed by atoms with Crippen LogP contribution in [0.5, 0.6) is 11.8 Å². The standard InChI is InChI=1S/2C22H23BrN4O2/c2*1-3-10-27(2)11-12-29-26-20-15-6-4-5-7-17(15)24-21(20)19-16-13-14(23)8-9-18(16)25-22(19)28/h2*4-9,13,25,28H,3,10-12H2,1-2H3/p+1/b2*26-20+. The predicted octanol–water partition coefficient (Wildman–Crippen LogP) is 8.25. The molecule has 2 aliphatic rings. The molecule has 0 bridgehead atoms. The third kappa shape index (κ3) is 8.90. The van der Waals surface area contributed by atoms with Crippen LogP contribution in [-0.2, 0) is 9.68 Å². The molecule has 0 amide bonds. The third-order valence-corrected chi connectivity index (χ3v) is 11.0. The van der Waals surface area contributed by atoms with Gasteiger partial charge in [-0.15, -0.1) is 0 Å². The van der Waals surface area contributed by atoms with Gasteiger partial charge in [-0.3, -0.25) is 0 Å². The van der Waals surface area contributed by atoms with E-state index in [0.29, 0.717) is 47.2 Å². The van der Waals surface area contributed by atoms with E-state index in [-0.39, 0.29) is 11.8 Å². The number of hydrogen-bond donors (Lipinski definition) is 5. The highest BCUT2D eigenvalue weighted by atomic mass is 79.9. The van der Waals surface area contributed by atoms with Crippen molar-refractivity contribution in [3.8, 4) is 11.8 Å². The minimum Gasteiger partial charge on any atom is -0.494 e. The average molecular weight is 912 g/mol. The first kappa shape index (κ1) is 40.9. The van der Waals surface area contributed by atoms with Gasteiger partial charge in [0, 0.05) is 48.4 Å². The van der Waals surface area contributed by atoms with Crippen LogP contribution in [0, 0.1) is 0 Å². The van der Waals surface area contributed by atoms with Crippen LogP contribution in [-0.4, -0.2) is 101 Å². The molecule has 1 unspecified atom stereocenters. The number of benzene rings is 4. The van der Waals surface area contributed by atoms with E-state index in [1.165, 1.54) is 4.90 Å². The van der Waals surface area contributed by atoms with E-state index in [1.54, 1.807) is 0 Å². The van der Waals surface area contributed by atoms with Crippen molar-refractivity contribution >= 4 is 87.9 Å². The van der Waals surface area contributed by atoms with E-state index in [4.69, 9.17) is 19.7 Å². The molecule has 0 spiro atoms. The highest BCUT2D eigenvalue weighted by molar-refractivity contribution is 9.10. The fourth-order valence-corrected chi connectivity index (χ4v) is 7.86. The number of aliphatic imine (C=N–C) groups is 2. The van der Waals surface area contributed by atoms with Gasteiger partial charge < -0.3 is 39.7 Å². The quantitative estimate of drug-likeness (QED) is 0.0552. The lowest BCUT2D eigenvalue weighted by Gasteiger charge is -2.14. The van der Waals surface area contributed by atoms with Crippen LogP contribution in [0.25, 0.3) is 21.8 Å². The number of rotatable bonds is 14. The van der Waals surface area contributed by atoms with Gasteiger partial charge in [0.15, 0.2) is 18.4 Å². The Labute approximate surface area is 354 Å². The summed E-state index contributed by atoms with van der Waals surface area (Å²) in [6.07, 6.45) is 2.24. The Kier molecular flexibility index (Phi) is 13.1. The number of aromatic nitrogens is 2. The topological polar surface area (TPSA) is 148 Å². The number of oxime groups is 2. The van der Waals surface area contributed by atoms with Gasteiger partial charge in [-0.05, 0) is 75.0 Å². The lowest BCUT2D eigenvalue weighted by molar-refractivity contribution is -0.880. The third-order valence-electron chi connectivity index (χ3n) is 9.96. The molecule has 8 rings (SSSR count). The van der Waals surface area contributed by atoms with Crippen molar-refractivity contribution in [2.45, 2.75) is 26.7 Å². The highest BCUT2D eigenvalue weighted by Crippen LogP contribution is 2.38. The Morgan fingerprint density at radius 2 is 1.17 bits per heavy atom. The first-order valence-electron chi connectivity index (χ1n) is 19.4.